The van der Waals surface area contributed by atoms with Gasteiger partial charge in [-0.2, -0.15) is 0 Å². The first-order valence-electron chi connectivity index (χ1n) is 12.1. The van der Waals surface area contributed by atoms with Crippen LogP contribution in [-0.2, 0) is 4.79 Å². The number of nitrogens with zero attached hydrogens (tertiary/aromatic N) is 1. The fourth-order valence-corrected chi connectivity index (χ4v) is 5.57. The molecule has 2 heterocycles. The van der Waals surface area contributed by atoms with E-state index in [1.807, 2.05) is 6.07 Å². The minimum absolute atomic E-state index is 0.296. The third-order valence-electron chi connectivity index (χ3n) is 7.69. The van der Waals surface area contributed by atoms with Crippen LogP contribution in [0.25, 0.3) is 0 Å². The van der Waals surface area contributed by atoms with Gasteiger partial charge in [0, 0.05) is 18.0 Å². The zero-order chi connectivity index (χ0) is 20.3. The molecule has 0 atom stereocenters. The third kappa shape index (κ3) is 4.93. The van der Waals surface area contributed by atoms with E-state index in [0.29, 0.717) is 30.6 Å². The molecule has 4 aliphatic rings. The van der Waals surface area contributed by atoms with Crippen LogP contribution >= 0.6 is 0 Å². The molecule has 0 radical (unpaired) electrons. The molecule has 1 amide bonds. The normalized spacial score (nSPS) is 27.2. The van der Waals surface area contributed by atoms with Gasteiger partial charge >= 0.3 is 0 Å². The lowest BCUT2D eigenvalue weighted by atomic mass is 9.83. The Kier molecular flexibility index (Phi) is 6.17. The van der Waals surface area contributed by atoms with Crippen molar-refractivity contribution in [2.75, 3.05) is 26.4 Å². The summed E-state index contributed by atoms with van der Waals surface area (Å²) >= 11 is 0. The standard InChI is InChI=1S/C25H36N2O3/c28-24(16-19-4-5-19)26-21-8-6-18(7-9-21)10-13-27-14-11-20(12-15-27)22-2-1-3-23-25(22)30-17-29-23/h1-3,18-21H,4-17H2,(H,26,28). The maximum atomic E-state index is 12.0. The molecule has 1 N–H and O–H groups in total. The van der Waals surface area contributed by atoms with Crippen LogP contribution in [0.15, 0.2) is 18.2 Å². The number of benzene rings is 1. The zero-order valence-electron chi connectivity index (χ0n) is 18.1. The quantitative estimate of drug-likeness (QED) is 0.718. The number of rotatable bonds is 7. The molecule has 2 aliphatic heterocycles. The number of para-hydroxylation sites is 1. The average Bonchev–Trinajstić information content (AvgIpc) is 3.45. The van der Waals surface area contributed by atoms with E-state index in [1.54, 1.807) is 0 Å². The molecule has 5 rings (SSSR count). The number of piperidine rings is 1. The fraction of sp³-hybridized carbons (Fsp3) is 0.720. The van der Waals surface area contributed by atoms with Crippen molar-refractivity contribution in [3.05, 3.63) is 23.8 Å². The largest absolute Gasteiger partial charge is 0.454 e. The number of ether oxygens (including phenoxy) is 2. The van der Waals surface area contributed by atoms with E-state index in [4.69, 9.17) is 9.47 Å². The van der Waals surface area contributed by atoms with Crippen LogP contribution in [0, 0.1) is 11.8 Å². The highest BCUT2D eigenvalue weighted by atomic mass is 16.7. The van der Waals surface area contributed by atoms with Gasteiger partial charge in [0.25, 0.3) is 0 Å². The molecule has 5 nitrogen and oxygen atoms in total. The van der Waals surface area contributed by atoms with E-state index in [9.17, 15) is 4.79 Å². The first kappa shape index (κ1) is 20.2. The van der Waals surface area contributed by atoms with E-state index >= 15 is 0 Å². The number of hydrogen-bond donors (Lipinski definition) is 1. The van der Waals surface area contributed by atoms with E-state index in [1.165, 1.54) is 83.0 Å². The highest BCUT2D eigenvalue weighted by molar-refractivity contribution is 5.76. The smallest absolute Gasteiger partial charge is 0.231 e. The Labute approximate surface area is 180 Å². The lowest BCUT2D eigenvalue weighted by molar-refractivity contribution is -0.122. The Balaban J connectivity index is 1.01. The molecule has 2 aliphatic carbocycles. The van der Waals surface area contributed by atoms with Crippen molar-refractivity contribution in [2.24, 2.45) is 11.8 Å². The maximum absolute atomic E-state index is 12.0. The van der Waals surface area contributed by atoms with Gasteiger partial charge in [-0.25, -0.2) is 0 Å². The van der Waals surface area contributed by atoms with Crippen LogP contribution in [0.3, 0.4) is 0 Å². The van der Waals surface area contributed by atoms with Crippen molar-refractivity contribution >= 4 is 5.91 Å². The van der Waals surface area contributed by atoms with Crippen molar-refractivity contribution in [3.63, 3.8) is 0 Å². The predicted molar refractivity (Wildman–Crippen MR) is 117 cm³/mol. The second-order valence-electron chi connectivity index (χ2n) is 9.92. The lowest BCUT2D eigenvalue weighted by Gasteiger charge is -2.34. The molecule has 3 fully saturated rings. The number of fused-ring (bicyclic) bond motifs is 1. The Hall–Kier alpha value is -1.75. The Morgan fingerprint density at radius 1 is 0.967 bits per heavy atom. The van der Waals surface area contributed by atoms with Gasteiger partial charge in [-0.3, -0.25) is 4.79 Å². The highest BCUT2D eigenvalue weighted by Gasteiger charge is 2.29. The van der Waals surface area contributed by atoms with Crippen LogP contribution in [-0.4, -0.2) is 43.3 Å². The molecule has 0 bridgehead atoms. The fourth-order valence-electron chi connectivity index (χ4n) is 5.57. The highest BCUT2D eigenvalue weighted by Crippen LogP contribution is 2.42. The molecular weight excluding hydrogens is 376 g/mol. The average molecular weight is 413 g/mol. The van der Waals surface area contributed by atoms with E-state index in [2.05, 4.69) is 22.3 Å². The maximum Gasteiger partial charge on any atom is 0.231 e. The number of hydrogen-bond acceptors (Lipinski definition) is 4. The van der Waals surface area contributed by atoms with Crippen LogP contribution < -0.4 is 14.8 Å². The Bertz CT molecular complexity index is 732. The van der Waals surface area contributed by atoms with Crippen LogP contribution in [0.4, 0.5) is 0 Å². The van der Waals surface area contributed by atoms with Gasteiger partial charge < -0.3 is 19.7 Å². The molecule has 2 saturated carbocycles. The summed E-state index contributed by atoms with van der Waals surface area (Å²) in [6.07, 6.45) is 11.9. The van der Waals surface area contributed by atoms with E-state index in [0.717, 1.165) is 23.8 Å². The third-order valence-corrected chi connectivity index (χ3v) is 7.69. The summed E-state index contributed by atoms with van der Waals surface area (Å²) in [4.78, 5) is 14.7. The van der Waals surface area contributed by atoms with Gasteiger partial charge in [-0.1, -0.05) is 12.1 Å². The second-order valence-corrected chi connectivity index (χ2v) is 9.92. The van der Waals surface area contributed by atoms with Crippen molar-refractivity contribution in [1.82, 2.24) is 10.2 Å². The molecule has 5 heteroatoms. The lowest BCUT2D eigenvalue weighted by Crippen LogP contribution is -2.38. The summed E-state index contributed by atoms with van der Waals surface area (Å²) in [6, 6.07) is 6.76. The van der Waals surface area contributed by atoms with E-state index in [-0.39, 0.29) is 0 Å². The van der Waals surface area contributed by atoms with Gasteiger partial charge in [0.2, 0.25) is 12.7 Å². The van der Waals surface area contributed by atoms with Gasteiger partial charge in [-0.05, 0) is 101 Å². The van der Waals surface area contributed by atoms with Crippen molar-refractivity contribution < 1.29 is 14.3 Å². The summed E-state index contributed by atoms with van der Waals surface area (Å²) < 4.78 is 11.3. The minimum Gasteiger partial charge on any atom is -0.454 e. The number of amides is 1. The first-order valence-corrected chi connectivity index (χ1v) is 12.1. The molecule has 164 valence electrons. The van der Waals surface area contributed by atoms with Crippen LogP contribution in [0.2, 0.25) is 0 Å². The van der Waals surface area contributed by atoms with Gasteiger partial charge in [0.15, 0.2) is 11.5 Å². The van der Waals surface area contributed by atoms with Crippen LogP contribution in [0.1, 0.15) is 75.7 Å². The summed E-state index contributed by atoms with van der Waals surface area (Å²) in [5, 5.41) is 3.29. The Morgan fingerprint density at radius 3 is 2.50 bits per heavy atom. The van der Waals surface area contributed by atoms with Crippen LogP contribution in [0.5, 0.6) is 11.5 Å². The summed E-state index contributed by atoms with van der Waals surface area (Å²) in [7, 11) is 0. The number of carbonyl (C=O) groups is 1. The van der Waals surface area contributed by atoms with Crippen molar-refractivity contribution in [2.45, 2.75) is 76.2 Å². The predicted octanol–water partition coefficient (Wildman–Crippen LogP) is 4.46. The summed E-state index contributed by atoms with van der Waals surface area (Å²) in [6.45, 7) is 3.95. The number of nitrogens with one attached hydrogen (secondary N) is 1. The van der Waals surface area contributed by atoms with Gasteiger partial charge in [0.1, 0.15) is 0 Å². The molecule has 1 saturated heterocycles. The molecule has 0 spiro atoms. The number of likely N-dealkylation sites (tertiary alicyclic amines) is 1. The zero-order valence-corrected chi connectivity index (χ0v) is 18.1. The Morgan fingerprint density at radius 2 is 1.73 bits per heavy atom. The first-order chi connectivity index (χ1) is 14.7. The monoisotopic (exact) mass is 412 g/mol. The van der Waals surface area contributed by atoms with Gasteiger partial charge in [0.05, 0.1) is 0 Å². The van der Waals surface area contributed by atoms with E-state index < -0.39 is 0 Å². The second kappa shape index (κ2) is 9.17. The summed E-state index contributed by atoms with van der Waals surface area (Å²) in [5.41, 5.74) is 1.34. The molecular formula is C25H36N2O3. The molecule has 1 aromatic carbocycles. The van der Waals surface area contributed by atoms with Crippen molar-refractivity contribution in [3.8, 4) is 11.5 Å². The summed E-state index contributed by atoms with van der Waals surface area (Å²) in [5.74, 6) is 4.31. The SMILES string of the molecule is O=C(CC1CC1)NC1CCC(CCN2CCC(c3cccc4c3OCO4)CC2)CC1. The molecule has 0 unspecified atom stereocenters. The molecule has 30 heavy (non-hydrogen) atoms. The number of carbonyl (C=O) groups excluding carboxylic acids is 1. The van der Waals surface area contributed by atoms with Crippen molar-refractivity contribution in [1.29, 1.82) is 0 Å². The molecule has 1 aromatic rings. The topological polar surface area (TPSA) is 50.8 Å². The minimum atomic E-state index is 0.296. The van der Waals surface area contributed by atoms with Gasteiger partial charge in [-0.15, -0.1) is 0 Å². The molecule has 0 aromatic heterocycles.